The number of hydrogen-bond donors (Lipinski definition) is 1. The van der Waals surface area contributed by atoms with E-state index in [0.717, 1.165) is 17.5 Å². The molecule has 11 nitrogen and oxygen atoms in total. The van der Waals surface area contributed by atoms with Crippen LogP contribution in [0, 0.1) is 0 Å². The number of carbonyl (C=O) groups is 2. The second kappa shape index (κ2) is 14.2. The van der Waals surface area contributed by atoms with Gasteiger partial charge in [0, 0.05) is 45.5 Å². The summed E-state index contributed by atoms with van der Waals surface area (Å²) in [5.74, 6) is 2.80. The summed E-state index contributed by atoms with van der Waals surface area (Å²) in [5.41, 5.74) is 2.43. The zero-order valence-corrected chi connectivity index (χ0v) is 25.7. The molecule has 3 aliphatic rings. The Morgan fingerprint density at radius 2 is 1.87 bits per heavy atom. The third kappa shape index (κ3) is 7.50. The Morgan fingerprint density at radius 3 is 2.73 bits per heavy atom. The number of hydrogen-bond acceptors (Lipinski definition) is 9. The number of piperidine rings is 1. The topological polar surface area (TPSA) is 108 Å². The fourth-order valence-corrected chi connectivity index (χ4v) is 5.95. The van der Waals surface area contributed by atoms with Gasteiger partial charge in [-0.05, 0) is 66.4 Å². The number of methoxy groups -OCH3 is 2. The standard InChI is InChI=1S/C34H39N3O8/c1-40-14-4-12-36-18-23-7-9-29(41-2)32(16-23)45-26-6-3-5-24(15-26)21-42-28-11-13-37(19-27(28)35-33(38)20-36)34(39)25-8-10-30-31(17-25)44-22-43-30/h3,5-10,15-17,27-28H,4,11-14,18-22H2,1-2H3,(H,35,38)/t27-,28+/m0/s1. The predicted molar refractivity (Wildman–Crippen MR) is 165 cm³/mol. The number of rotatable bonds is 6. The number of nitrogens with one attached hydrogen (secondary N) is 1. The first-order valence-corrected chi connectivity index (χ1v) is 15.2. The summed E-state index contributed by atoms with van der Waals surface area (Å²) in [4.78, 5) is 31.0. The van der Waals surface area contributed by atoms with E-state index in [-0.39, 0.29) is 31.3 Å². The largest absolute Gasteiger partial charge is 0.493 e. The average molecular weight is 618 g/mol. The highest BCUT2D eigenvalue weighted by Crippen LogP contribution is 2.35. The molecule has 0 aliphatic carbocycles. The molecule has 3 aromatic carbocycles. The van der Waals surface area contributed by atoms with Crippen molar-refractivity contribution in [3.05, 3.63) is 77.4 Å². The molecule has 1 N–H and O–H groups in total. The van der Waals surface area contributed by atoms with Crippen LogP contribution in [0.15, 0.2) is 60.7 Å². The SMILES string of the molecule is COCCCN1CC(=O)N[C@H]2CN(C(=O)c3ccc4c(c3)OCO4)CC[C@H]2OCc2cccc(c2)Oc2cc(ccc2OC)C1. The minimum absolute atomic E-state index is 0.130. The summed E-state index contributed by atoms with van der Waals surface area (Å²) in [6, 6.07) is 18.4. The van der Waals surface area contributed by atoms with E-state index >= 15 is 0 Å². The molecule has 3 heterocycles. The van der Waals surface area contributed by atoms with Crippen LogP contribution in [0.5, 0.6) is 28.7 Å². The van der Waals surface area contributed by atoms with Crippen molar-refractivity contribution in [3.63, 3.8) is 0 Å². The zero-order chi connectivity index (χ0) is 31.2. The molecular weight excluding hydrogens is 578 g/mol. The maximum absolute atomic E-state index is 13.6. The van der Waals surface area contributed by atoms with Gasteiger partial charge in [0.25, 0.3) is 5.91 Å². The Hall–Kier alpha value is -4.32. The molecule has 238 valence electrons. The third-order valence-corrected chi connectivity index (χ3v) is 8.22. The van der Waals surface area contributed by atoms with Gasteiger partial charge in [-0.1, -0.05) is 18.2 Å². The summed E-state index contributed by atoms with van der Waals surface area (Å²) in [6.45, 7) is 3.21. The highest BCUT2D eigenvalue weighted by atomic mass is 16.7. The molecule has 1 fully saturated rings. The lowest BCUT2D eigenvalue weighted by Crippen LogP contribution is -2.58. The van der Waals surface area contributed by atoms with E-state index in [1.807, 2.05) is 42.5 Å². The lowest BCUT2D eigenvalue weighted by molar-refractivity contribution is -0.125. The summed E-state index contributed by atoms with van der Waals surface area (Å²) < 4.78 is 34.5. The van der Waals surface area contributed by atoms with Crippen LogP contribution in [0.2, 0.25) is 0 Å². The van der Waals surface area contributed by atoms with E-state index in [2.05, 4.69) is 10.2 Å². The molecule has 3 aromatic rings. The normalized spacial score (nSPS) is 20.1. The highest BCUT2D eigenvalue weighted by molar-refractivity contribution is 5.95. The van der Waals surface area contributed by atoms with Crippen LogP contribution in [0.25, 0.3) is 0 Å². The van der Waals surface area contributed by atoms with Crippen LogP contribution in [0.3, 0.4) is 0 Å². The van der Waals surface area contributed by atoms with E-state index < -0.39 is 6.04 Å². The molecule has 45 heavy (non-hydrogen) atoms. The predicted octanol–water partition coefficient (Wildman–Crippen LogP) is 3.98. The van der Waals surface area contributed by atoms with Gasteiger partial charge >= 0.3 is 0 Å². The van der Waals surface area contributed by atoms with Gasteiger partial charge in [-0.15, -0.1) is 0 Å². The van der Waals surface area contributed by atoms with Gasteiger partial charge in [0.05, 0.1) is 32.4 Å². The lowest BCUT2D eigenvalue weighted by atomic mass is 10.00. The Kier molecular flexibility index (Phi) is 9.68. The second-order valence-electron chi connectivity index (χ2n) is 11.4. The first-order chi connectivity index (χ1) is 22.0. The number of carbonyl (C=O) groups excluding carboxylic acids is 2. The molecule has 0 aromatic heterocycles. The minimum atomic E-state index is -0.398. The van der Waals surface area contributed by atoms with Gasteiger partial charge in [-0.2, -0.15) is 0 Å². The fourth-order valence-electron chi connectivity index (χ4n) is 5.95. The molecule has 6 rings (SSSR count). The molecule has 0 saturated carbocycles. The fraction of sp³-hybridized carbons (Fsp3) is 0.412. The number of fused-ring (bicyclic) bond motifs is 6. The van der Waals surface area contributed by atoms with E-state index in [9.17, 15) is 9.59 Å². The van der Waals surface area contributed by atoms with E-state index in [0.29, 0.717) is 80.1 Å². The number of amides is 2. The van der Waals surface area contributed by atoms with Crippen LogP contribution < -0.4 is 24.3 Å². The molecule has 0 spiro atoms. The molecule has 3 aliphatic heterocycles. The summed E-state index contributed by atoms with van der Waals surface area (Å²) in [7, 11) is 3.28. The summed E-state index contributed by atoms with van der Waals surface area (Å²) >= 11 is 0. The summed E-state index contributed by atoms with van der Waals surface area (Å²) in [5, 5.41) is 3.21. The van der Waals surface area contributed by atoms with Crippen molar-refractivity contribution in [2.24, 2.45) is 0 Å². The third-order valence-electron chi connectivity index (χ3n) is 8.22. The molecule has 11 heteroatoms. The number of ether oxygens (including phenoxy) is 6. The van der Waals surface area contributed by atoms with Crippen LogP contribution in [0.4, 0.5) is 0 Å². The minimum Gasteiger partial charge on any atom is -0.493 e. The van der Waals surface area contributed by atoms with Crippen LogP contribution >= 0.6 is 0 Å². The van der Waals surface area contributed by atoms with Crippen LogP contribution in [-0.2, 0) is 27.4 Å². The number of benzene rings is 3. The van der Waals surface area contributed by atoms with Crippen molar-refractivity contribution in [2.75, 3.05) is 53.8 Å². The molecule has 1 saturated heterocycles. The lowest BCUT2D eigenvalue weighted by Gasteiger charge is -2.39. The number of likely N-dealkylation sites (tertiary alicyclic amines) is 1. The smallest absolute Gasteiger partial charge is 0.254 e. The van der Waals surface area contributed by atoms with Crippen molar-refractivity contribution >= 4 is 11.8 Å². The maximum Gasteiger partial charge on any atom is 0.254 e. The van der Waals surface area contributed by atoms with Crippen molar-refractivity contribution in [1.82, 2.24) is 15.1 Å². The Bertz CT molecular complexity index is 1510. The molecule has 2 atom stereocenters. The van der Waals surface area contributed by atoms with E-state index in [1.165, 1.54) is 0 Å². The maximum atomic E-state index is 13.6. The van der Waals surface area contributed by atoms with Crippen LogP contribution in [-0.4, -0.2) is 87.6 Å². The Labute approximate surface area is 262 Å². The molecular formula is C34H39N3O8. The first-order valence-electron chi connectivity index (χ1n) is 15.2. The second-order valence-corrected chi connectivity index (χ2v) is 11.4. The van der Waals surface area contributed by atoms with Crippen LogP contribution in [0.1, 0.15) is 34.3 Å². The monoisotopic (exact) mass is 617 g/mol. The van der Waals surface area contributed by atoms with E-state index in [4.69, 9.17) is 28.4 Å². The first kappa shape index (κ1) is 30.7. The van der Waals surface area contributed by atoms with Gasteiger partial charge < -0.3 is 38.6 Å². The van der Waals surface area contributed by atoms with Gasteiger partial charge in [-0.3, -0.25) is 14.5 Å². The quantitative estimate of drug-likeness (QED) is 0.411. The van der Waals surface area contributed by atoms with Gasteiger partial charge in [-0.25, -0.2) is 0 Å². The van der Waals surface area contributed by atoms with Crippen molar-refractivity contribution in [3.8, 4) is 28.7 Å². The van der Waals surface area contributed by atoms with Gasteiger partial charge in [0.15, 0.2) is 23.0 Å². The van der Waals surface area contributed by atoms with Gasteiger partial charge in [0.1, 0.15) is 5.75 Å². The van der Waals surface area contributed by atoms with E-state index in [1.54, 1.807) is 37.3 Å². The van der Waals surface area contributed by atoms with Crippen molar-refractivity contribution in [1.29, 1.82) is 0 Å². The number of nitrogens with zero attached hydrogens (tertiary/aromatic N) is 2. The molecule has 0 radical (unpaired) electrons. The Balaban J connectivity index is 1.25. The zero-order valence-electron chi connectivity index (χ0n) is 25.7. The van der Waals surface area contributed by atoms with Gasteiger partial charge in [0.2, 0.25) is 12.7 Å². The Morgan fingerprint density at radius 1 is 0.978 bits per heavy atom. The molecule has 4 bridgehead atoms. The van der Waals surface area contributed by atoms with Crippen molar-refractivity contribution in [2.45, 2.75) is 38.1 Å². The average Bonchev–Trinajstić information content (AvgIpc) is 3.52. The van der Waals surface area contributed by atoms with Crippen molar-refractivity contribution < 1.29 is 38.0 Å². The molecule has 0 unspecified atom stereocenters. The highest BCUT2D eigenvalue weighted by Gasteiger charge is 2.34. The summed E-state index contributed by atoms with van der Waals surface area (Å²) in [6.07, 6.45) is 1.04. The molecule has 2 amide bonds.